The second-order valence-electron chi connectivity index (χ2n) is 3.97. The predicted octanol–water partition coefficient (Wildman–Crippen LogP) is 1.79. The number of nitrogens with zero attached hydrogens (tertiary/aromatic N) is 1. The van der Waals surface area contributed by atoms with Crippen molar-refractivity contribution in [3.05, 3.63) is 30.3 Å². The average Bonchev–Trinajstić information content (AvgIpc) is 2.65. The van der Waals surface area contributed by atoms with Crippen LogP contribution in [-0.4, -0.2) is 26.1 Å². The van der Waals surface area contributed by atoms with Crippen molar-refractivity contribution in [2.24, 2.45) is 0 Å². The van der Waals surface area contributed by atoms with Gasteiger partial charge in [-0.25, -0.2) is 0 Å². The van der Waals surface area contributed by atoms with Crippen LogP contribution in [-0.2, 0) is 14.4 Å². The van der Waals surface area contributed by atoms with Crippen LogP contribution >= 0.6 is 0 Å². The molecule has 1 saturated heterocycles. The quantitative estimate of drug-likeness (QED) is 0.809. The molecule has 1 heterocycles. The monoisotopic (exact) mass is 241 g/mol. The van der Waals surface area contributed by atoms with E-state index in [1.165, 1.54) is 12.1 Å². The topological polar surface area (TPSA) is 46.6 Å². The van der Waals surface area contributed by atoms with Crippen molar-refractivity contribution >= 4 is 10.1 Å². The maximum absolute atomic E-state index is 11.9. The zero-order valence-corrected chi connectivity index (χ0v) is 9.98. The van der Waals surface area contributed by atoms with Crippen LogP contribution in [0.25, 0.3) is 0 Å². The molecule has 0 saturated carbocycles. The number of benzene rings is 1. The van der Waals surface area contributed by atoms with Gasteiger partial charge < -0.3 is 0 Å². The fourth-order valence-electron chi connectivity index (χ4n) is 1.77. The molecule has 0 amide bonds. The summed E-state index contributed by atoms with van der Waals surface area (Å²) in [4.78, 5) is 0.203. The van der Waals surface area contributed by atoms with Gasteiger partial charge in [0.25, 0.3) is 0 Å². The molecule has 0 aliphatic carbocycles. The number of rotatable bonds is 3. The molecule has 1 aromatic rings. The van der Waals surface area contributed by atoms with Crippen molar-refractivity contribution in [2.75, 3.05) is 6.54 Å². The molecule has 1 aliphatic rings. The Bertz CT molecular complexity index is 444. The number of hydroxylamine groups is 2. The molecule has 1 aliphatic heterocycles. The molecule has 1 aromatic carbocycles. The van der Waals surface area contributed by atoms with Crippen LogP contribution in [0.1, 0.15) is 19.8 Å². The van der Waals surface area contributed by atoms with E-state index < -0.39 is 10.1 Å². The van der Waals surface area contributed by atoms with Gasteiger partial charge in [0.1, 0.15) is 0 Å². The highest BCUT2D eigenvalue weighted by Gasteiger charge is 2.27. The van der Waals surface area contributed by atoms with Gasteiger partial charge in [-0.15, -0.1) is 0 Å². The predicted molar refractivity (Wildman–Crippen MR) is 60.1 cm³/mol. The van der Waals surface area contributed by atoms with Gasteiger partial charge in [0.2, 0.25) is 0 Å². The lowest BCUT2D eigenvalue weighted by Crippen LogP contribution is -2.30. The van der Waals surface area contributed by atoms with Crippen molar-refractivity contribution in [1.82, 2.24) is 5.06 Å². The van der Waals surface area contributed by atoms with Crippen LogP contribution in [0.2, 0.25) is 0 Å². The summed E-state index contributed by atoms with van der Waals surface area (Å²) in [6, 6.07) is 8.38. The van der Waals surface area contributed by atoms with E-state index in [2.05, 4.69) is 0 Å². The fourth-order valence-corrected chi connectivity index (χ4v) is 2.82. The van der Waals surface area contributed by atoms with E-state index in [9.17, 15) is 8.42 Å². The van der Waals surface area contributed by atoms with Crippen LogP contribution in [0.4, 0.5) is 0 Å². The van der Waals surface area contributed by atoms with Gasteiger partial charge in [-0.3, -0.25) is 0 Å². The Balaban J connectivity index is 2.15. The summed E-state index contributed by atoms with van der Waals surface area (Å²) in [5.41, 5.74) is 0. The third-order valence-electron chi connectivity index (χ3n) is 2.72. The van der Waals surface area contributed by atoms with E-state index in [-0.39, 0.29) is 10.9 Å². The third-order valence-corrected chi connectivity index (χ3v) is 3.96. The minimum atomic E-state index is -3.65. The molecule has 0 N–H and O–H groups in total. The number of hydrogen-bond donors (Lipinski definition) is 0. The van der Waals surface area contributed by atoms with Gasteiger partial charge in [-0.05, 0) is 31.9 Å². The van der Waals surface area contributed by atoms with Crippen molar-refractivity contribution in [3.8, 4) is 0 Å². The van der Waals surface area contributed by atoms with Crippen LogP contribution in [0.5, 0.6) is 0 Å². The van der Waals surface area contributed by atoms with Crippen LogP contribution in [0, 0.1) is 0 Å². The SMILES string of the molecule is C[C@@H]1CCCN1OS(=O)(=O)c1ccccc1. The Morgan fingerprint density at radius 2 is 2.00 bits per heavy atom. The molecule has 1 atom stereocenters. The lowest BCUT2D eigenvalue weighted by atomic mass is 10.3. The standard InChI is InChI=1S/C11H15NO3S/c1-10-6-5-9-12(10)15-16(13,14)11-7-3-2-4-8-11/h2-4,7-8,10H,5-6,9H2,1H3/t10-/m1/s1. The van der Waals surface area contributed by atoms with E-state index in [1.54, 1.807) is 23.3 Å². The van der Waals surface area contributed by atoms with Crippen LogP contribution < -0.4 is 0 Å². The Morgan fingerprint density at radius 3 is 2.56 bits per heavy atom. The molecule has 88 valence electrons. The van der Waals surface area contributed by atoms with E-state index >= 15 is 0 Å². The first kappa shape index (κ1) is 11.6. The Hall–Kier alpha value is -0.910. The largest absolute Gasteiger partial charge is 0.313 e. The molecule has 0 spiro atoms. The molecule has 1 fully saturated rings. The Labute approximate surface area is 95.9 Å². The van der Waals surface area contributed by atoms with Gasteiger partial charge in [-0.1, -0.05) is 18.2 Å². The van der Waals surface area contributed by atoms with Gasteiger partial charge in [0, 0.05) is 12.6 Å². The Kier molecular flexibility index (Phi) is 3.28. The summed E-state index contributed by atoms with van der Waals surface area (Å²) in [5, 5.41) is 1.54. The minimum Gasteiger partial charge on any atom is -0.192 e. The maximum Gasteiger partial charge on any atom is 0.313 e. The molecule has 5 heteroatoms. The van der Waals surface area contributed by atoms with Crippen molar-refractivity contribution in [1.29, 1.82) is 0 Å². The van der Waals surface area contributed by atoms with E-state index in [0.29, 0.717) is 6.54 Å². The minimum absolute atomic E-state index is 0.165. The zero-order chi connectivity index (χ0) is 11.6. The lowest BCUT2D eigenvalue weighted by molar-refractivity contribution is -0.0579. The molecule has 16 heavy (non-hydrogen) atoms. The molecule has 0 radical (unpaired) electrons. The van der Waals surface area contributed by atoms with Crippen LogP contribution in [0.3, 0.4) is 0 Å². The second kappa shape index (κ2) is 4.53. The van der Waals surface area contributed by atoms with E-state index in [4.69, 9.17) is 4.28 Å². The van der Waals surface area contributed by atoms with Crippen LogP contribution in [0.15, 0.2) is 35.2 Å². The summed E-state index contributed by atoms with van der Waals surface area (Å²) < 4.78 is 28.8. The van der Waals surface area contributed by atoms with Crippen molar-refractivity contribution < 1.29 is 12.7 Å². The first-order chi connectivity index (χ1) is 7.59. The first-order valence-corrected chi connectivity index (χ1v) is 6.77. The summed E-state index contributed by atoms with van der Waals surface area (Å²) in [5.74, 6) is 0. The molecule has 4 nitrogen and oxygen atoms in total. The smallest absolute Gasteiger partial charge is 0.192 e. The van der Waals surface area contributed by atoms with E-state index in [1.807, 2.05) is 6.92 Å². The maximum atomic E-state index is 11.9. The first-order valence-electron chi connectivity index (χ1n) is 5.36. The summed E-state index contributed by atoms with van der Waals surface area (Å²) in [6.07, 6.45) is 1.95. The summed E-state index contributed by atoms with van der Waals surface area (Å²) in [6.45, 7) is 2.64. The van der Waals surface area contributed by atoms with E-state index in [0.717, 1.165) is 12.8 Å². The lowest BCUT2D eigenvalue weighted by Gasteiger charge is -2.19. The fraction of sp³-hybridized carbons (Fsp3) is 0.455. The number of hydrogen-bond acceptors (Lipinski definition) is 4. The highest BCUT2D eigenvalue weighted by atomic mass is 32.2. The average molecular weight is 241 g/mol. The van der Waals surface area contributed by atoms with Gasteiger partial charge in [0.05, 0.1) is 4.90 Å². The van der Waals surface area contributed by atoms with Crippen molar-refractivity contribution in [2.45, 2.75) is 30.7 Å². The molecule has 0 unspecified atom stereocenters. The molecule has 0 bridgehead atoms. The van der Waals surface area contributed by atoms with Gasteiger partial charge in [-0.2, -0.15) is 17.8 Å². The second-order valence-corrected chi connectivity index (χ2v) is 5.50. The highest BCUT2D eigenvalue weighted by molar-refractivity contribution is 7.86. The molecule has 0 aromatic heterocycles. The van der Waals surface area contributed by atoms with Crippen molar-refractivity contribution in [3.63, 3.8) is 0 Å². The zero-order valence-electron chi connectivity index (χ0n) is 9.17. The van der Waals surface area contributed by atoms with Gasteiger partial charge >= 0.3 is 10.1 Å². The van der Waals surface area contributed by atoms with Gasteiger partial charge in [0.15, 0.2) is 0 Å². The third kappa shape index (κ3) is 2.42. The summed E-state index contributed by atoms with van der Waals surface area (Å²) in [7, 11) is -3.65. The molecular formula is C11H15NO3S. The molecule has 2 rings (SSSR count). The molecular weight excluding hydrogens is 226 g/mol. The Morgan fingerprint density at radius 1 is 1.31 bits per heavy atom. The summed E-state index contributed by atoms with van der Waals surface area (Å²) >= 11 is 0. The normalized spacial score (nSPS) is 22.4. The highest BCUT2D eigenvalue weighted by Crippen LogP contribution is 2.21.